The highest BCUT2D eigenvalue weighted by atomic mass is 14.8. The van der Waals surface area contributed by atoms with E-state index in [1.54, 1.807) is 0 Å². The summed E-state index contributed by atoms with van der Waals surface area (Å²) in [5, 5.41) is 2.02. The standard InChI is InChI=1S/C13H19N/c1-4-6-7-8-9-11-14-12-10-13(3)5-2/h4-12,14H,1-3H3/p+1/b6-4-,8-7-,11-9+,12-10-,13-5-. The van der Waals surface area contributed by atoms with Crippen LogP contribution in [0.2, 0.25) is 0 Å². The Morgan fingerprint density at radius 3 is 2.29 bits per heavy atom. The normalized spacial score (nSPS) is 14.4. The number of nitrogens with two attached hydrogens (primary N) is 1. The summed E-state index contributed by atoms with van der Waals surface area (Å²) in [7, 11) is 0. The van der Waals surface area contributed by atoms with Gasteiger partial charge < -0.3 is 0 Å². The van der Waals surface area contributed by atoms with Gasteiger partial charge in [0.25, 0.3) is 0 Å². The van der Waals surface area contributed by atoms with Crippen LogP contribution >= 0.6 is 0 Å². The SMILES string of the molecule is C\C=C/C=C\C=C\[NH2+]/C=C\C(C)=C/C. The molecule has 0 saturated carbocycles. The lowest BCUT2D eigenvalue weighted by Gasteiger charge is -1.84. The van der Waals surface area contributed by atoms with Gasteiger partial charge in [0.1, 0.15) is 0 Å². The average molecular weight is 190 g/mol. The molecule has 0 heterocycles. The molecule has 0 aromatic heterocycles. The molecule has 2 N–H and O–H groups in total. The van der Waals surface area contributed by atoms with Crippen molar-refractivity contribution in [2.75, 3.05) is 0 Å². The second kappa shape index (κ2) is 9.75. The third-order valence-corrected chi connectivity index (χ3v) is 1.67. The lowest BCUT2D eigenvalue weighted by Crippen LogP contribution is -2.70. The van der Waals surface area contributed by atoms with Crippen molar-refractivity contribution in [1.82, 2.24) is 0 Å². The van der Waals surface area contributed by atoms with E-state index in [0.717, 1.165) is 0 Å². The van der Waals surface area contributed by atoms with Crippen LogP contribution in [0.4, 0.5) is 0 Å². The second-order valence-electron chi connectivity index (χ2n) is 2.88. The predicted octanol–water partition coefficient (Wildman–Crippen LogP) is 2.68. The van der Waals surface area contributed by atoms with Gasteiger partial charge in [-0.05, 0) is 32.9 Å². The highest BCUT2D eigenvalue weighted by molar-refractivity contribution is 5.12. The Morgan fingerprint density at radius 1 is 0.929 bits per heavy atom. The molecule has 0 amide bonds. The van der Waals surface area contributed by atoms with Crippen LogP contribution < -0.4 is 5.32 Å². The van der Waals surface area contributed by atoms with E-state index in [1.807, 2.05) is 61.9 Å². The maximum absolute atomic E-state index is 2.08. The highest BCUT2D eigenvalue weighted by Crippen LogP contribution is 1.89. The smallest absolute Gasteiger partial charge is 0.0973 e. The van der Waals surface area contributed by atoms with Gasteiger partial charge in [0.15, 0.2) is 0 Å². The van der Waals surface area contributed by atoms with E-state index in [0.29, 0.717) is 0 Å². The Labute approximate surface area is 87.2 Å². The van der Waals surface area contributed by atoms with Crippen LogP contribution in [0.5, 0.6) is 0 Å². The zero-order chi connectivity index (χ0) is 10.6. The Balaban J connectivity index is 3.68. The molecule has 1 heteroatoms. The maximum atomic E-state index is 2.08. The second-order valence-corrected chi connectivity index (χ2v) is 2.88. The van der Waals surface area contributed by atoms with Crippen LogP contribution in [0, 0.1) is 0 Å². The summed E-state index contributed by atoms with van der Waals surface area (Å²) in [5.41, 5.74) is 1.28. The first-order chi connectivity index (χ1) is 6.81. The molecule has 0 radical (unpaired) electrons. The van der Waals surface area contributed by atoms with Crippen LogP contribution in [0.25, 0.3) is 0 Å². The van der Waals surface area contributed by atoms with Gasteiger partial charge in [-0.1, -0.05) is 36.0 Å². The number of rotatable bonds is 5. The highest BCUT2D eigenvalue weighted by Gasteiger charge is 1.76. The van der Waals surface area contributed by atoms with Crippen molar-refractivity contribution >= 4 is 0 Å². The summed E-state index contributed by atoms with van der Waals surface area (Å²) in [5.74, 6) is 0. The Hall–Kier alpha value is -1.34. The van der Waals surface area contributed by atoms with Crippen LogP contribution in [-0.4, -0.2) is 0 Å². The molecular formula is C13H20N+. The minimum absolute atomic E-state index is 1.28. The molecule has 0 aromatic carbocycles. The monoisotopic (exact) mass is 190 g/mol. The van der Waals surface area contributed by atoms with Crippen molar-refractivity contribution in [2.45, 2.75) is 20.8 Å². The third kappa shape index (κ3) is 8.75. The molecule has 0 atom stereocenters. The first-order valence-electron chi connectivity index (χ1n) is 4.90. The van der Waals surface area contributed by atoms with E-state index >= 15 is 0 Å². The van der Waals surface area contributed by atoms with Gasteiger partial charge in [-0.3, -0.25) is 5.32 Å². The zero-order valence-corrected chi connectivity index (χ0v) is 9.27. The zero-order valence-electron chi connectivity index (χ0n) is 9.27. The van der Waals surface area contributed by atoms with Gasteiger partial charge >= 0.3 is 0 Å². The molecule has 1 nitrogen and oxygen atoms in total. The molecule has 0 aliphatic carbocycles. The Morgan fingerprint density at radius 2 is 1.64 bits per heavy atom. The van der Waals surface area contributed by atoms with Crippen molar-refractivity contribution in [3.05, 3.63) is 60.5 Å². The molecular weight excluding hydrogens is 170 g/mol. The quantitative estimate of drug-likeness (QED) is 0.642. The van der Waals surface area contributed by atoms with E-state index in [4.69, 9.17) is 0 Å². The third-order valence-electron chi connectivity index (χ3n) is 1.67. The summed E-state index contributed by atoms with van der Waals surface area (Å²) >= 11 is 0. The number of allylic oxidation sites excluding steroid dienone is 8. The van der Waals surface area contributed by atoms with Crippen molar-refractivity contribution in [3.63, 3.8) is 0 Å². The van der Waals surface area contributed by atoms with Crippen molar-refractivity contribution in [1.29, 1.82) is 0 Å². The van der Waals surface area contributed by atoms with Gasteiger partial charge in [-0.2, -0.15) is 0 Å². The van der Waals surface area contributed by atoms with Gasteiger partial charge in [0.2, 0.25) is 0 Å². The fourth-order valence-electron chi connectivity index (χ4n) is 0.735. The molecule has 0 unspecified atom stereocenters. The van der Waals surface area contributed by atoms with E-state index < -0.39 is 0 Å². The molecule has 0 spiro atoms. The van der Waals surface area contributed by atoms with Crippen LogP contribution in [0.1, 0.15) is 20.8 Å². The molecule has 0 aliphatic rings. The summed E-state index contributed by atoms with van der Waals surface area (Å²) in [6.45, 7) is 6.12. The first kappa shape index (κ1) is 12.7. The summed E-state index contributed by atoms with van der Waals surface area (Å²) in [6, 6.07) is 0. The van der Waals surface area contributed by atoms with Crippen molar-refractivity contribution < 1.29 is 5.32 Å². The van der Waals surface area contributed by atoms with Crippen molar-refractivity contribution in [2.24, 2.45) is 0 Å². The van der Waals surface area contributed by atoms with E-state index in [-0.39, 0.29) is 0 Å². The van der Waals surface area contributed by atoms with Crippen LogP contribution in [0.3, 0.4) is 0 Å². The molecule has 0 rings (SSSR count). The maximum Gasteiger partial charge on any atom is 0.0973 e. The molecule has 0 fully saturated rings. The average Bonchev–Trinajstić information content (AvgIpc) is 2.21. The number of quaternary nitrogens is 1. The van der Waals surface area contributed by atoms with Crippen molar-refractivity contribution in [3.8, 4) is 0 Å². The number of hydrogen-bond donors (Lipinski definition) is 1. The van der Waals surface area contributed by atoms with Gasteiger partial charge in [0.05, 0.1) is 12.4 Å². The summed E-state index contributed by atoms with van der Waals surface area (Å²) in [4.78, 5) is 0. The fourth-order valence-corrected chi connectivity index (χ4v) is 0.735. The van der Waals surface area contributed by atoms with E-state index in [9.17, 15) is 0 Å². The fraction of sp³-hybridized carbons (Fsp3) is 0.231. The van der Waals surface area contributed by atoms with Gasteiger partial charge in [-0.15, -0.1) is 0 Å². The lowest BCUT2D eigenvalue weighted by atomic mass is 10.3. The Kier molecular flexibility index (Phi) is 8.81. The minimum Gasteiger partial charge on any atom is -0.294 e. The van der Waals surface area contributed by atoms with Crippen LogP contribution in [-0.2, 0) is 0 Å². The molecule has 14 heavy (non-hydrogen) atoms. The molecule has 0 bridgehead atoms. The summed E-state index contributed by atoms with van der Waals surface area (Å²) in [6.07, 6.45) is 18.2. The van der Waals surface area contributed by atoms with Gasteiger partial charge in [-0.25, -0.2) is 0 Å². The number of hydrogen-bond acceptors (Lipinski definition) is 0. The predicted molar refractivity (Wildman–Crippen MR) is 63.6 cm³/mol. The van der Waals surface area contributed by atoms with E-state index in [2.05, 4.69) is 19.1 Å². The largest absolute Gasteiger partial charge is 0.294 e. The van der Waals surface area contributed by atoms with E-state index in [1.165, 1.54) is 5.57 Å². The van der Waals surface area contributed by atoms with Crippen LogP contribution in [0.15, 0.2) is 60.5 Å². The minimum atomic E-state index is 1.28. The molecule has 0 aliphatic heterocycles. The van der Waals surface area contributed by atoms with Gasteiger partial charge in [0, 0.05) is 0 Å². The molecule has 76 valence electrons. The topological polar surface area (TPSA) is 16.6 Å². The molecule has 0 aromatic rings. The first-order valence-corrected chi connectivity index (χ1v) is 4.90. The molecule has 0 saturated heterocycles. The summed E-state index contributed by atoms with van der Waals surface area (Å²) < 4.78 is 0. The lowest BCUT2D eigenvalue weighted by molar-refractivity contribution is -0.513. The Bertz CT molecular complexity index is 265.